The second-order valence-corrected chi connectivity index (χ2v) is 13.6. The van der Waals surface area contributed by atoms with Crippen LogP contribution in [0.1, 0.15) is 49.0 Å². The Morgan fingerprint density at radius 1 is 0.724 bits per heavy atom. The molecule has 0 saturated carbocycles. The summed E-state index contributed by atoms with van der Waals surface area (Å²) < 4.78 is 247. The minimum atomic E-state index is -8.71. The lowest BCUT2D eigenvalue weighted by atomic mass is 9.88. The fourth-order valence-electron chi connectivity index (χ4n) is 5.53. The van der Waals surface area contributed by atoms with E-state index in [-0.39, 0.29) is 45.7 Å². The maximum absolute atomic E-state index is 14.4. The number of carbonyl (C=O) groups is 2. The van der Waals surface area contributed by atoms with E-state index < -0.39 is 97.2 Å². The second kappa shape index (κ2) is 16.1. The minimum absolute atomic E-state index is 0.00325. The summed E-state index contributed by atoms with van der Waals surface area (Å²) in [5, 5.41) is 2.80. The molecule has 0 bridgehead atoms. The number of halogens is 18. The van der Waals surface area contributed by atoms with E-state index in [1.165, 1.54) is 23.1 Å². The van der Waals surface area contributed by atoms with Crippen LogP contribution >= 0.6 is 11.6 Å². The van der Waals surface area contributed by atoms with Crippen molar-refractivity contribution in [1.82, 2.24) is 4.90 Å². The lowest BCUT2D eigenvalue weighted by molar-refractivity contribution is -0.461. The molecule has 0 fully saturated rings. The highest BCUT2D eigenvalue weighted by atomic mass is 35.5. The smallest absolute Gasteiger partial charge is 0.460 e. The number of carbonyl (C=O) groups excluding carboxylic acids is 2. The van der Waals surface area contributed by atoms with E-state index in [4.69, 9.17) is 25.8 Å². The summed E-state index contributed by atoms with van der Waals surface area (Å²) in [6.07, 6.45) is -11.9. The number of hydrogen-bond acceptors (Lipinski definition) is 5. The first-order chi connectivity index (χ1) is 26.2. The van der Waals surface area contributed by atoms with Crippen molar-refractivity contribution in [3.05, 3.63) is 46.5 Å². The standard InChI is InChI=1S/C33H30ClF17N2O5/c1-15(2)10-21-24(54)52-20-7-6-16(34)11-18(20)25(55)53(21)14-19-22(56-3)12-17(13-23(19)57-4)58-9-5-8-26(35,36)27(37,38)28(39,40)29(41,42)30(43,44)31(45,46)32(47,48)33(49,50)51/h6-7,11-13,15,21H,5,8-10,14H2,1-4H3,(H,52,54). The van der Waals surface area contributed by atoms with Crippen molar-refractivity contribution in [2.45, 2.75) is 93.3 Å². The van der Waals surface area contributed by atoms with Crippen LogP contribution in [0.25, 0.3) is 0 Å². The van der Waals surface area contributed by atoms with Crippen LogP contribution in [0.2, 0.25) is 5.02 Å². The molecule has 1 atom stereocenters. The molecule has 1 heterocycles. The molecule has 1 aliphatic rings. The van der Waals surface area contributed by atoms with Crippen molar-refractivity contribution in [3.8, 4) is 17.2 Å². The number of methoxy groups -OCH3 is 2. The molecule has 0 saturated heterocycles. The summed E-state index contributed by atoms with van der Waals surface area (Å²) >= 11 is 6.08. The zero-order valence-electron chi connectivity index (χ0n) is 29.9. The van der Waals surface area contributed by atoms with Gasteiger partial charge in [0.2, 0.25) is 5.91 Å². The number of ether oxygens (including phenoxy) is 3. The second-order valence-electron chi connectivity index (χ2n) is 13.2. The van der Waals surface area contributed by atoms with Crippen LogP contribution in [0.5, 0.6) is 17.2 Å². The summed E-state index contributed by atoms with van der Waals surface area (Å²) in [6.45, 7) is 1.90. The fraction of sp³-hybridized carbons (Fsp3) is 0.576. The third-order valence-corrected chi connectivity index (χ3v) is 8.94. The molecule has 0 spiro atoms. The molecule has 2 aromatic carbocycles. The van der Waals surface area contributed by atoms with Crippen LogP contribution in [-0.2, 0) is 11.3 Å². The van der Waals surface area contributed by atoms with Gasteiger partial charge in [-0.15, -0.1) is 0 Å². The first-order valence-electron chi connectivity index (χ1n) is 16.2. The highest BCUT2D eigenvalue weighted by molar-refractivity contribution is 6.31. The molecule has 3 rings (SSSR count). The Hall–Kier alpha value is -4.12. The highest BCUT2D eigenvalue weighted by Crippen LogP contribution is 2.64. The monoisotopic (exact) mass is 892 g/mol. The molecule has 328 valence electrons. The first kappa shape index (κ1) is 48.3. The van der Waals surface area contributed by atoms with Gasteiger partial charge in [-0.2, -0.15) is 74.6 Å². The van der Waals surface area contributed by atoms with E-state index in [1.54, 1.807) is 13.8 Å². The number of benzene rings is 2. The summed E-state index contributed by atoms with van der Waals surface area (Å²) in [5.74, 6) is -59.2. The predicted octanol–water partition coefficient (Wildman–Crippen LogP) is 10.5. The van der Waals surface area contributed by atoms with E-state index >= 15 is 0 Å². The predicted molar refractivity (Wildman–Crippen MR) is 168 cm³/mol. The van der Waals surface area contributed by atoms with Gasteiger partial charge in [-0.1, -0.05) is 25.4 Å². The number of amides is 2. The summed E-state index contributed by atoms with van der Waals surface area (Å²) in [7, 11) is 2.17. The molecule has 1 aliphatic heterocycles. The lowest BCUT2D eigenvalue weighted by Crippen LogP contribution is -2.74. The van der Waals surface area contributed by atoms with Gasteiger partial charge in [-0.25, -0.2) is 0 Å². The number of fused-ring (bicyclic) bond motifs is 1. The Morgan fingerprint density at radius 3 is 1.67 bits per heavy atom. The number of nitrogens with one attached hydrogen (secondary N) is 1. The van der Waals surface area contributed by atoms with Gasteiger partial charge >= 0.3 is 47.6 Å². The van der Waals surface area contributed by atoms with Gasteiger partial charge in [0.05, 0.1) is 44.2 Å². The van der Waals surface area contributed by atoms with Gasteiger partial charge in [0.25, 0.3) is 5.91 Å². The quantitative estimate of drug-likeness (QED) is 0.126. The average molecular weight is 893 g/mol. The molecule has 2 amide bonds. The Morgan fingerprint density at radius 2 is 1.21 bits per heavy atom. The maximum Gasteiger partial charge on any atom is 0.460 e. The van der Waals surface area contributed by atoms with Crippen LogP contribution in [0.3, 0.4) is 0 Å². The van der Waals surface area contributed by atoms with Crippen molar-refractivity contribution in [3.63, 3.8) is 0 Å². The van der Waals surface area contributed by atoms with Crippen molar-refractivity contribution in [2.75, 3.05) is 26.1 Å². The van der Waals surface area contributed by atoms with E-state index in [0.29, 0.717) is 0 Å². The molecule has 0 aliphatic carbocycles. The van der Waals surface area contributed by atoms with Crippen molar-refractivity contribution in [2.24, 2.45) is 5.92 Å². The van der Waals surface area contributed by atoms with Crippen LogP contribution in [0, 0.1) is 5.92 Å². The topological polar surface area (TPSA) is 77.1 Å². The SMILES string of the molecule is COc1cc(OCCCC(F)(F)C(F)(F)C(F)(F)C(F)(F)C(F)(F)C(F)(F)C(F)(F)C(F)(F)F)cc(OC)c1CN1C(=O)c2cc(Cl)ccc2NC(=O)C1CC(C)C. The third-order valence-electron chi connectivity index (χ3n) is 8.71. The molecular weight excluding hydrogens is 863 g/mol. The van der Waals surface area contributed by atoms with Crippen LogP contribution in [-0.4, -0.2) is 91.2 Å². The van der Waals surface area contributed by atoms with E-state index in [1.807, 2.05) is 0 Å². The maximum atomic E-state index is 14.4. The van der Waals surface area contributed by atoms with E-state index in [9.17, 15) is 84.2 Å². The summed E-state index contributed by atoms with van der Waals surface area (Å²) in [4.78, 5) is 28.3. The highest BCUT2D eigenvalue weighted by Gasteiger charge is 2.95. The van der Waals surface area contributed by atoms with Gasteiger partial charge in [0.15, 0.2) is 0 Å². The zero-order chi connectivity index (χ0) is 44.8. The Kier molecular flexibility index (Phi) is 13.4. The van der Waals surface area contributed by atoms with Gasteiger partial charge in [-0.05, 0) is 37.0 Å². The minimum Gasteiger partial charge on any atom is -0.496 e. The zero-order valence-corrected chi connectivity index (χ0v) is 30.6. The molecule has 1 unspecified atom stereocenters. The molecule has 25 heteroatoms. The Bertz CT molecular complexity index is 1810. The molecule has 58 heavy (non-hydrogen) atoms. The summed E-state index contributed by atoms with van der Waals surface area (Å²) in [6, 6.07) is 5.04. The molecular formula is C33H30ClF17N2O5. The van der Waals surface area contributed by atoms with Gasteiger partial charge in [0.1, 0.15) is 23.3 Å². The van der Waals surface area contributed by atoms with Gasteiger partial charge < -0.3 is 24.4 Å². The Labute approximate surface area is 321 Å². The van der Waals surface area contributed by atoms with Crippen LogP contribution in [0.4, 0.5) is 80.3 Å². The normalized spacial score (nSPS) is 16.6. The molecule has 2 aromatic rings. The average Bonchev–Trinajstić information content (AvgIpc) is 3.19. The van der Waals surface area contributed by atoms with E-state index in [2.05, 4.69) is 5.32 Å². The third kappa shape index (κ3) is 8.21. The number of alkyl halides is 17. The molecule has 7 nitrogen and oxygen atoms in total. The van der Waals surface area contributed by atoms with Crippen molar-refractivity contribution >= 4 is 29.1 Å². The fourth-order valence-corrected chi connectivity index (χ4v) is 5.70. The number of rotatable bonds is 17. The summed E-state index contributed by atoms with van der Waals surface area (Å²) in [5.41, 5.74) is 0.204. The first-order valence-corrected chi connectivity index (χ1v) is 16.6. The molecule has 0 aromatic heterocycles. The van der Waals surface area contributed by atoms with Gasteiger partial charge in [-0.3, -0.25) is 9.59 Å². The Balaban J connectivity index is 1.87. The molecule has 0 radical (unpaired) electrons. The number of nitrogens with zero attached hydrogens (tertiary/aromatic N) is 1. The van der Waals surface area contributed by atoms with Crippen molar-refractivity contribution < 1.29 is 98.4 Å². The van der Waals surface area contributed by atoms with Crippen LogP contribution in [0.15, 0.2) is 30.3 Å². The van der Waals surface area contributed by atoms with E-state index in [0.717, 1.165) is 26.4 Å². The lowest BCUT2D eigenvalue weighted by Gasteiger charge is -2.42. The van der Waals surface area contributed by atoms with Gasteiger partial charge in [0, 0.05) is 23.6 Å². The largest absolute Gasteiger partial charge is 0.496 e. The van der Waals surface area contributed by atoms with Crippen molar-refractivity contribution in [1.29, 1.82) is 0 Å². The molecule has 1 N–H and O–H groups in total. The number of anilines is 1. The van der Waals surface area contributed by atoms with Crippen LogP contribution < -0.4 is 19.5 Å². The number of hydrogen-bond donors (Lipinski definition) is 1.